The topological polar surface area (TPSA) is 84.0 Å². The van der Waals surface area contributed by atoms with E-state index in [4.69, 9.17) is 4.74 Å². The van der Waals surface area contributed by atoms with Gasteiger partial charge in [0.2, 0.25) is 5.91 Å². The summed E-state index contributed by atoms with van der Waals surface area (Å²) in [4.78, 5) is 26.9. The number of sulfone groups is 1. The maximum absolute atomic E-state index is 11.9. The third-order valence-electron chi connectivity index (χ3n) is 2.97. The number of rotatable bonds is 3. The van der Waals surface area contributed by atoms with Gasteiger partial charge in [0, 0.05) is 38.9 Å². The molecule has 21 heavy (non-hydrogen) atoms. The van der Waals surface area contributed by atoms with Gasteiger partial charge in [-0.25, -0.2) is 13.2 Å². The van der Waals surface area contributed by atoms with Crippen molar-refractivity contribution in [1.82, 2.24) is 9.80 Å². The first-order valence-electron chi connectivity index (χ1n) is 6.91. The van der Waals surface area contributed by atoms with Crippen molar-refractivity contribution in [1.29, 1.82) is 0 Å². The molecular formula is C13H24N2O5S. The Balaban J connectivity index is 2.41. The smallest absolute Gasteiger partial charge is 0.410 e. The van der Waals surface area contributed by atoms with E-state index in [-0.39, 0.29) is 24.2 Å². The minimum Gasteiger partial charge on any atom is -0.444 e. The SMILES string of the molecule is CC(C)(C)OC(=O)N1CCN(C(=O)CCS(C)(=O)=O)CC1. The highest BCUT2D eigenvalue weighted by Gasteiger charge is 2.27. The van der Waals surface area contributed by atoms with Crippen LogP contribution in [0.4, 0.5) is 4.79 Å². The van der Waals surface area contributed by atoms with E-state index in [2.05, 4.69) is 0 Å². The molecule has 1 fully saturated rings. The standard InChI is InChI=1S/C13H24N2O5S/c1-13(2,3)20-12(17)15-8-6-14(7-9-15)11(16)5-10-21(4,18)19/h5-10H2,1-4H3. The first-order chi connectivity index (χ1) is 9.48. The third kappa shape index (κ3) is 6.79. The monoisotopic (exact) mass is 320 g/mol. The van der Waals surface area contributed by atoms with Crippen LogP contribution in [0.15, 0.2) is 0 Å². The Morgan fingerprint density at radius 2 is 1.52 bits per heavy atom. The lowest BCUT2D eigenvalue weighted by atomic mass is 10.2. The van der Waals surface area contributed by atoms with E-state index in [0.717, 1.165) is 6.26 Å². The minimum atomic E-state index is -3.13. The molecule has 0 aromatic rings. The predicted octanol–water partition coefficient (Wildman–Crippen LogP) is 0.500. The molecule has 7 nitrogen and oxygen atoms in total. The molecule has 2 amide bonds. The van der Waals surface area contributed by atoms with Crippen molar-refractivity contribution < 1.29 is 22.7 Å². The molecule has 8 heteroatoms. The van der Waals surface area contributed by atoms with Gasteiger partial charge in [-0.15, -0.1) is 0 Å². The van der Waals surface area contributed by atoms with Gasteiger partial charge in [-0.05, 0) is 20.8 Å². The van der Waals surface area contributed by atoms with Gasteiger partial charge in [0.05, 0.1) is 5.75 Å². The fourth-order valence-corrected chi connectivity index (χ4v) is 2.44. The average molecular weight is 320 g/mol. The zero-order valence-corrected chi connectivity index (χ0v) is 13.9. The zero-order chi connectivity index (χ0) is 16.3. The van der Waals surface area contributed by atoms with E-state index in [9.17, 15) is 18.0 Å². The van der Waals surface area contributed by atoms with Crippen LogP contribution in [0.3, 0.4) is 0 Å². The summed E-state index contributed by atoms with van der Waals surface area (Å²) in [6, 6.07) is 0. The maximum atomic E-state index is 11.9. The third-order valence-corrected chi connectivity index (χ3v) is 3.92. The molecule has 1 aliphatic rings. The number of amides is 2. The van der Waals surface area contributed by atoms with Crippen molar-refractivity contribution in [3.05, 3.63) is 0 Å². The van der Waals surface area contributed by atoms with Crippen LogP contribution < -0.4 is 0 Å². The molecule has 0 saturated carbocycles. The number of carbonyl (C=O) groups excluding carboxylic acids is 2. The Morgan fingerprint density at radius 3 is 1.95 bits per heavy atom. The van der Waals surface area contributed by atoms with E-state index in [1.54, 1.807) is 30.6 Å². The van der Waals surface area contributed by atoms with Crippen molar-refractivity contribution >= 4 is 21.8 Å². The van der Waals surface area contributed by atoms with Crippen LogP contribution in [0, 0.1) is 0 Å². The molecule has 1 saturated heterocycles. The van der Waals surface area contributed by atoms with Gasteiger partial charge in [-0.1, -0.05) is 0 Å². The van der Waals surface area contributed by atoms with Crippen LogP contribution in [-0.2, 0) is 19.4 Å². The highest BCUT2D eigenvalue weighted by atomic mass is 32.2. The average Bonchev–Trinajstić information content (AvgIpc) is 2.33. The van der Waals surface area contributed by atoms with Crippen molar-refractivity contribution in [2.75, 3.05) is 38.2 Å². The summed E-state index contributed by atoms with van der Waals surface area (Å²) in [7, 11) is -3.13. The first kappa shape index (κ1) is 17.7. The summed E-state index contributed by atoms with van der Waals surface area (Å²) in [5, 5.41) is 0. The van der Waals surface area contributed by atoms with E-state index < -0.39 is 15.4 Å². The van der Waals surface area contributed by atoms with Gasteiger partial charge in [0.25, 0.3) is 0 Å². The van der Waals surface area contributed by atoms with Gasteiger partial charge in [0.15, 0.2) is 0 Å². The second-order valence-corrected chi connectivity index (χ2v) is 8.49. The molecular weight excluding hydrogens is 296 g/mol. The largest absolute Gasteiger partial charge is 0.444 e. The molecule has 0 spiro atoms. The molecule has 0 unspecified atom stereocenters. The number of piperazine rings is 1. The van der Waals surface area contributed by atoms with Crippen LogP contribution >= 0.6 is 0 Å². The van der Waals surface area contributed by atoms with Crippen LogP contribution in [0.25, 0.3) is 0 Å². The summed E-state index contributed by atoms with van der Waals surface area (Å²) in [5.41, 5.74) is -0.542. The highest BCUT2D eigenvalue weighted by Crippen LogP contribution is 2.12. The number of ether oxygens (including phenoxy) is 1. The van der Waals surface area contributed by atoms with Gasteiger partial charge < -0.3 is 14.5 Å². The molecule has 0 N–H and O–H groups in total. The maximum Gasteiger partial charge on any atom is 0.410 e. The second-order valence-electron chi connectivity index (χ2n) is 6.23. The van der Waals surface area contributed by atoms with Crippen LogP contribution in [0.2, 0.25) is 0 Å². The normalized spacial score (nSPS) is 16.8. The fourth-order valence-electron chi connectivity index (χ4n) is 1.90. The highest BCUT2D eigenvalue weighted by molar-refractivity contribution is 7.90. The summed E-state index contributed by atoms with van der Waals surface area (Å²) in [5.74, 6) is -0.331. The number of hydrogen-bond acceptors (Lipinski definition) is 5. The summed E-state index contributed by atoms with van der Waals surface area (Å²) in [6.45, 7) is 7.02. The molecule has 0 aliphatic carbocycles. The molecule has 122 valence electrons. The molecule has 0 radical (unpaired) electrons. The van der Waals surface area contributed by atoms with E-state index >= 15 is 0 Å². The lowest BCUT2D eigenvalue weighted by Crippen LogP contribution is -2.51. The van der Waals surface area contributed by atoms with Gasteiger partial charge in [-0.3, -0.25) is 4.79 Å². The minimum absolute atomic E-state index is 0.00866. The Morgan fingerprint density at radius 1 is 1.05 bits per heavy atom. The van der Waals surface area contributed by atoms with Crippen molar-refractivity contribution in [3.8, 4) is 0 Å². The molecule has 1 rings (SSSR count). The lowest BCUT2D eigenvalue weighted by molar-refractivity contribution is -0.132. The zero-order valence-electron chi connectivity index (χ0n) is 13.1. The quantitative estimate of drug-likeness (QED) is 0.756. The van der Waals surface area contributed by atoms with Crippen LogP contribution in [-0.4, -0.2) is 74.0 Å². The van der Waals surface area contributed by atoms with Gasteiger partial charge in [0.1, 0.15) is 15.4 Å². The van der Waals surface area contributed by atoms with Gasteiger partial charge in [-0.2, -0.15) is 0 Å². The van der Waals surface area contributed by atoms with E-state index in [1.165, 1.54) is 0 Å². The van der Waals surface area contributed by atoms with E-state index in [1.807, 2.05) is 0 Å². The van der Waals surface area contributed by atoms with Crippen molar-refractivity contribution in [3.63, 3.8) is 0 Å². The second kappa shape index (κ2) is 6.64. The molecule has 0 bridgehead atoms. The fraction of sp³-hybridized carbons (Fsp3) is 0.846. The molecule has 1 aliphatic heterocycles. The molecule has 0 atom stereocenters. The molecule has 0 aromatic carbocycles. The number of carbonyl (C=O) groups is 2. The summed E-state index contributed by atoms with van der Waals surface area (Å²) < 4.78 is 27.4. The Hall–Kier alpha value is -1.31. The summed E-state index contributed by atoms with van der Waals surface area (Å²) in [6.07, 6.45) is 0.720. The Bertz CT molecular complexity index is 487. The Kier molecular flexibility index (Phi) is 5.61. The molecule has 0 aromatic heterocycles. The summed E-state index contributed by atoms with van der Waals surface area (Å²) >= 11 is 0. The lowest BCUT2D eigenvalue weighted by Gasteiger charge is -2.35. The van der Waals surface area contributed by atoms with Gasteiger partial charge >= 0.3 is 6.09 Å². The Labute approximate surface area is 126 Å². The van der Waals surface area contributed by atoms with Crippen LogP contribution in [0.5, 0.6) is 0 Å². The van der Waals surface area contributed by atoms with Crippen molar-refractivity contribution in [2.45, 2.75) is 32.8 Å². The van der Waals surface area contributed by atoms with Crippen LogP contribution in [0.1, 0.15) is 27.2 Å². The van der Waals surface area contributed by atoms with E-state index in [0.29, 0.717) is 26.2 Å². The molecule has 1 heterocycles. The van der Waals surface area contributed by atoms with Crippen molar-refractivity contribution in [2.24, 2.45) is 0 Å². The number of nitrogens with zero attached hydrogens (tertiary/aromatic N) is 2. The number of hydrogen-bond donors (Lipinski definition) is 0. The first-order valence-corrected chi connectivity index (χ1v) is 8.97. The predicted molar refractivity (Wildman–Crippen MR) is 78.7 cm³/mol.